The summed E-state index contributed by atoms with van der Waals surface area (Å²) in [5.41, 5.74) is 2.06. The average molecular weight is 358 g/mol. The minimum Gasteiger partial charge on any atom is -0.369 e. The van der Waals surface area contributed by atoms with E-state index in [4.69, 9.17) is 16.6 Å². The molecule has 1 aromatic heterocycles. The Morgan fingerprint density at radius 1 is 1.04 bits per heavy atom. The molecule has 0 aliphatic carbocycles. The highest BCUT2D eigenvalue weighted by Gasteiger charge is 2.09. The molecule has 0 saturated carbocycles. The number of hydrogen-bond acceptors (Lipinski definition) is 4. The monoisotopic (exact) mass is 357 g/mol. The third-order valence-electron chi connectivity index (χ3n) is 3.72. The first kappa shape index (κ1) is 17.1. The summed E-state index contributed by atoms with van der Waals surface area (Å²) in [5, 5.41) is 6.07. The van der Waals surface area contributed by atoms with E-state index in [1.807, 2.05) is 42.5 Å². The molecule has 3 aromatic rings. The van der Waals surface area contributed by atoms with Gasteiger partial charge in [0.25, 0.3) is 0 Å². The van der Waals surface area contributed by atoms with Gasteiger partial charge in [-0.1, -0.05) is 67.0 Å². The molecule has 0 bridgehead atoms. The molecule has 0 spiro atoms. The van der Waals surface area contributed by atoms with Crippen molar-refractivity contribution >= 4 is 40.1 Å². The molecule has 0 saturated heterocycles. The molecule has 24 heavy (non-hydrogen) atoms. The largest absolute Gasteiger partial charge is 0.369 e. The van der Waals surface area contributed by atoms with Crippen molar-refractivity contribution in [1.29, 1.82) is 0 Å². The van der Waals surface area contributed by atoms with Crippen molar-refractivity contribution in [3.8, 4) is 0 Å². The van der Waals surface area contributed by atoms with Crippen LogP contribution >= 0.6 is 23.4 Å². The van der Waals surface area contributed by atoms with Gasteiger partial charge in [-0.15, -0.1) is 0 Å². The summed E-state index contributed by atoms with van der Waals surface area (Å²) in [7, 11) is 0. The van der Waals surface area contributed by atoms with Crippen LogP contribution in [0.1, 0.15) is 25.3 Å². The van der Waals surface area contributed by atoms with Crippen molar-refractivity contribution in [1.82, 2.24) is 9.97 Å². The first-order chi connectivity index (χ1) is 11.8. The number of benzene rings is 2. The van der Waals surface area contributed by atoms with Gasteiger partial charge in [0.2, 0.25) is 0 Å². The summed E-state index contributed by atoms with van der Waals surface area (Å²) >= 11 is 7.84. The average Bonchev–Trinajstić information content (AvgIpc) is 2.61. The molecular weight excluding hydrogens is 338 g/mol. The zero-order valence-electron chi connectivity index (χ0n) is 13.6. The molecule has 1 N–H and O–H groups in total. The quantitative estimate of drug-likeness (QED) is 0.330. The second kappa shape index (κ2) is 8.36. The van der Waals surface area contributed by atoms with Gasteiger partial charge in [-0.25, -0.2) is 9.97 Å². The summed E-state index contributed by atoms with van der Waals surface area (Å²) in [6.45, 7) is 3.11. The molecule has 5 heteroatoms. The number of para-hydroxylation sites is 1. The fourth-order valence-electron chi connectivity index (χ4n) is 2.40. The van der Waals surface area contributed by atoms with E-state index in [0.29, 0.717) is 0 Å². The lowest BCUT2D eigenvalue weighted by Gasteiger charge is -2.10. The second-order valence-electron chi connectivity index (χ2n) is 5.53. The van der Waals surface area contributed by atoms with Crippen LogP contribution in [0.5, 0.6) is 0 Å². The number of nitrogens with one attached hydrogen (secondary N) is 1. The minimum absolute atomic E-state index is 0.756. The highest BCUT2D eigenvalue weighted by molar-refractivity contribution is 7.98. The lowest BCUT2D eigenvalue weighted by Crippen LogP contribution is -2.05. The first-order valence-electron chi connectivity index (χ1n) is 8.15. The van der Waals surface area contributed by atoms with E-state index in [9.17, 15) is 0 Å². The van der Waals surface area contributed by atoms with Crippen LogP contribution in [0.4, 0.5) is 5.82 Å². The predicted octanol–water partition coefficient (Wildman–Crippen LogP) is 5.79. The number of anilines is 1. The molecule has 1 heterocycles. The number of unbranched alkanes of at least 4 members (excludes halogenated alkanes) is 1. The number of thioether (sulfide) groups is 1. The van der Waals surface area contributed by atoms with Gasteiger partial charge in [-0.05, 0) is 30.2 Å². The normalized spacial score (nSPS) is 10.9. The SMILES string of the molecule is CCCCNc1nc(SCc2ccccc2Cl)nc2ccccc12. The van der Waals surface area contributed by atoms with Crippen LogP contribution in [0.15, 0.2) is 53.7 Å². The van der Waals surface area contributed by atoms with E-state index in [1.165, 1.54) is 0 Å². The Bertz CT molecular complexity index is 823. The molecule has 0 aliphatic rings. The Balaban J connectivity index is 1.83. The highest BCUT2D eigenvalue weighted by Crippen LogP contribution is 2.28. The summed E-state index contributed by atoms with van der Waals surface area (Å²) in [5.74, 6) is 1.67. The zero-order chi connectivity index (χ0) is 16.8. The van der Waals surface area contributed by atoms with E-state index in [0.717, 1.165) is 57.6 Å². The maximum Gasteiger partial charge on any atom is 0.190 e. The predicted molar refractivity (Wildman–Crippen MR) is 104 cm³/mol. The Morgan fingerprint density at radius 2 is 1.83 bits per heavy atom. The highest BCUT2D eigenvalue weighted by atomic mass is 35.5. The summed E-state index contributed by atoms with van der Waals surface area (Å²) in [6, 6.07) is 16.0. The molecule has 0 fully saturated rings. The third kappa shape index (κ3) is 4.19. The van der Waals surface area contributed by atoms with E-state index in [-0.39, 0.29) is 0 Å². The molecule has 0 amide bonds. The molecule has 0 aliphatic heterocycles. The standard InChI is InChI=1S/C19H20ClN3S/c1-2-3-12-21-18-15-9-5-7-11-17(15)22-19(23-18)24-13-14-8-4-6-10-16(14)20/h4-11H,2-3,12-13H2,1H3,(H,21,22,23). The summed E-state index contributed by atoms with van der Waals surface area (Å²) in [4.78, 5) is 9.39. The van der Waals surface area contributed by atoms with E-state index >= 15 is 0 Å². The maximum absolute atomic E-state index is 6.23. The van der Waals surface area contributed by atoms with Crippen LogP contribution in [0.25, 0.3) is 10.9 Å². The van der Waals surface area contributed by atoms with Gasteiger partial charge in [0.15, 0.2) is 5.16 Å². The van der Waals surface area contributed by atoms with Gasteiger partial charge < -0.3 is 5.32 Å². The Labute approximate surface area is 151 Å². The van der Waals surface area contributed by atoms with Crippen LogP contribution in [0, 0.1) is 0 Å². The smallest absolute Gasteiger partial charge is 0.190 e. The lowest BCUT2D eigenvalue weighted by atomic mass is 10.2. The first-order valence-corrected chi connectivity index (χ1v) is 9.51. The maximum atomic E-state index is 6.23. The number of nitrogens with zero attached hydrogens (tertiary/aromatic N) is 2. The van der Waals surface area contributed by atoms with Crippen molar-refractivity contribution in [2.75, 3.05) is 11.9 Å². The van der Waals surface area contributed by atoms with Crippen LogP contribution in [0.2, 0.25) is 5.02 Å². The van der Waals surface area contributed by atoms with Crippen molar-refractivity contribution in [3.63, 3.8) is 0 Å². The molecule has 2 aromatic carbocycles. The van der Waals surface area contributed by atoms with E-state index in [1.54, 1.807) is 11.8 Å². The Hall–Kier alpha value is -1.78. The van der Waals surface area contributed by atoms with Gasteiger partial charge in [0.05, 0.1) is 5.52 Å². The van der Waals surface area contributed by atoms with Crippen molar-refractivity contribution in [3.05, 3.63) is 59.1 Å². The molecule has 0 radical (unpaired) electrons. The molecule has 0 atom stereocenters. The number of aromatic nitrogens is 2. The summed E-state index contributed by atoms with van der Waals surface area (Å²) < 4.78 is 0. The van der Waals surface area contributed by atoms with Gasteiger partial charge in [-0.2, -0.15) is 0 Å². The lowest BCUT2D eigenvalue weighted by molar-refractivity contribution is 0.828. The van der Waals surface area contributed by atoms with Crippen LogP contribution < -0.4 is 5.32 Å². The molecule has 3 nitrogen and oxygen atoms in total. The number of halogens is 1. The summed E-state index contributed by atoms with van der Waals surface area (Å²) in [6.07, 6.45) is 2.28. The fourth-order valence-corrected chi connectivity index (χ4v) is 3.53. The molecule has 124 valence electrons. The van der Waals surface area contributed by atoms with Crippen molar-refractivity contribution in [2.24, 2.45) is 0 Å². The number of hydrogen-bond donors (Lipinski definition) is 1. The van der Waals surface area contributed by atoms with Gasteiger partial charge in [0.1, 0.15) is 5.82 Å². The van der Waals surface area contributed by atoms with Crippen molar-refractivity contribution < 1.29 is 0 Å². The minimum atomic E-state index is 0.756. The molecular formula is C19H20ClN3S. The van der Waals surface area contributed by atoms with Crippen LogP contribution in [-0.2, 0) is 5.75 Å². The van der Waals surface area contributed by atoms with E-state index < -0.39 is 0 Å². The number of rotatable bonds is 7. The van der Waals surface area contributed by atoms with Gasteiger partial charge in [0, 0.05) is 22.7 Å². The Kier molecular flexibility index (Phi) is 5.94. The topological polar surface area (TPSA) is 37.8 Å². The third-order valence-corrected chi connectivity index (χ3v) is 4.98. The molecule has 0 unspecified atom stereocenters. The van der Waals surface area contributed by atoms with Crippen molar-refractivity contribution in [2.45, 2.75) is 30.7 Å². The fraction of sp³-hybridized carbons (Fsp3) is 0.263. The zero-order valence-corrected chi connectivity index (χ0v) is 15.2. The van der Waals surface area contributed by atoms with Gasteiger partial charge in [-0.3, -0.25) is 0 Å². The van der Waals surface area contributed by atoms with Gasteiger partial charge >= 0.3 is 0 Å². The van der Waals surface area contributed by atoms with E-state index in [2.05, 4.69) is 23.3 Å². The Morgan fingerprint density at radius 3 is 2.67 bits per heavy atom. The van der Waals surface area contributed by atoms with Crippen LogP contribution in [0.3, 0.4) is 0 Å². The second-order valence-corrected chi connectivity index (χ2v) is 6.88. The number of fused-ring (bicyclic) bond motifs is 1. The van der Waals surface area contributed by atoms with Crippen LogP contribution in [-0.4, -0.2) is 16.5 Å². The molecule has 3 rings (SSSR count).